The molecule has 4 rings (SSSR count). The van der Waals surface area contributed by atoms with Crippen LogP contribution in [0.5, 0.6) is 0 Å². The molecule has 2 heterocycles. The molecule has 2 aromatic heterocycles. The lowest BCUT2D eigenvalue weighted by molar-refractivity contribution is -0.144. The first-order chi connectivity index (χ1) is 15.8. The van der Waals surface area contributed by atoms with E-state index >= 15 is 0 Å². The van der Waals surface area contributed by atoms with E-state index in [0.29, 0.717) is 12.1 Å². The maximum Gasteiger partial charge on any atom is 0.453 e. The Balaban J connectivity index is 1.71. The van der Waals surface area contributed by atoms with Crippen molar-refractivity contribution in [2.75, 3.05) is 0 Å². The molecule has 178 valence electrons. The van der Waals surface area contributed by atoms with Crippen molar-refractivity contribution in [2.45, 2.75) is 58.0 Å². The van der Waals surface area contributed by atoms with E-state index in [0.717, 1.165) is 28.7 Å². The maximum absolute atomic E-state index is 13.1. The number of hydrogen-bond acceptors (Lipinski definition) is 4. The van der Waals surface area contributed by atoms with Crippen LogP contribution >= 0.6 is 0 Å². The smallest absolute Gasteiger partial charge is 0.220 e. The fourth-order valence-corrected chi connectivity index (χ4v) is 4.03. The van der Waals surface area contributed by atoms with Crippen LogP contribution in [0.15, 0.2) is 61.2 Å². The van der Waals surface area contributed by atoms with Gasteiger partial charge in [-0.15, -0.1) is 5.10 Å². The van der Waals surface area contributed by atoms with E-state index in [4.69, 9.17) is 0 Å². The molecule has 6 nitrogen and oxygen atoms in total. The first kappa shape index (κ1) is 23.7. The summed E-state index contributed by atoms with van der Waals surface area (Å²) in [6, 6.07) is 13.9. The lowest BCUT2D eigenvalue weighted by Gasteiger charge is -2.28. The highest BCUT2D eigenvalue weighted by Crippen LogP contribution is 2.34. The van der Waals surface area contributed by atoms with Crippen LogP contribution in [-0.2, 0) is 23.4 Å². The Morgan fingerprint density at radius 2 is 1.59 bits per heavy atom. The predicted octanol–water partition coefficient (Wildman–Crippen LogP) is 5.68. The van der Waals surface area contributed by atoms with E-state index in [9.17, 15) is 13.2 Å². The zero-order valence-corrected chi connectivity index (χ0v) is 19.8. The zero-order valence-electron chi connectivity index (χ0n) is 19.8. The molecular weight excluding hydrogens is 441 g/mol. The molecule has 0 radical (unpaired) electrons. The third-order valence-electron chi connectivity index (χ3n) is 5.79. The van der Waals surface area contributed by atoms with Gasteiger partial charge in [0.1, 0.15) is 6.33 Å². The Labute approximate surface area is 196 Å². The first-order valence-corrected chi connectivity index (χ1v) is 10.9. The minimum absolute atomic E-state index is 0.261. The molecule has 0 saturated carbocycles. The van der Waals surface area contributed by atoms with Crippen molar-refractivity contribution in [1.82, 2.24) is 29.8 Å². The molecule has 0 aliphatic carbocycles. The third kappa shape index (κ3) is 4.88. The number of rotatable bonds is 5. The van der Waals surface area contributed by atoms with Crippen LogP contribution in [0.1, 0.15) is 57.1 Å². The number of benzene rings is 2. The molecule has 0 atom stereocenters. The van der Waals surface area contributed by atoms with Gasteiger partial charge >= 0.3 is 6.18 Å². The summed E-state index contributed by atoms with van der Waals surface area (Å²) < 4.78 is 40.6. The SMILES string of the molecule is CC(C)(C)c1ccc(CC(C)(C)c2cccc(-n3nccn3)c2)cc1-n1cnc(C(F)(F)F)n1. The first-order valence-electron chi connectivity index (χ1n) is 10.9. The van der Waals surface area contributed by atoms with Crippen LogP contribution < -0.4 is 0 Å². The van der Waals surface area contributed by atoms with Crippen molar-refractivity contribution < 1.29 is 13.2 Å². The molecule has 4 aromatic rings. The van der Waals surface area contributed by atoms with Crippen molar-refractivity contribution in [3.05, 3.63) is 83.7 Å². The van der Waals surface area contributed by atoms with Crippen LogP contribution in [0.25, 0.3) is 11.4 Å². The largest absolute Gasteiger partial charge is 0.453 e. The van der Waals surface area contributed by atoms with Crippen molar-refractivity contribution >= 4 is 0 Å². The summed E-state index contributed by atoms with van der Waals surface area (Å²) >= 11 is 0. The molecule has 0 aliphatic heterocycles. The Bertz CT molecular complexity index is 1280. The van der Waals surface area contributed by atoms with E-state index in [2.05, 4.69) is 46.3 Å². The highest BCUT2D eigenvalue weighted by molar-refractivity contribution is 5.48. The van der Waals surface area contributed by atoms with E-state index in [1.54, 1.807) is 17.2 Å². The highest BCUT2D eigenvalue weighted by atomic mass is 19.4. The number of aromatic nitrogens is 6. The molecule has 9 heteroatoms. The summed E-state index contributed by atoms with van der Waals surface area (Å²) in [6.45, 7) is 10.3. The molecule has 0 unspecified atom stereocenters. The van der Waals surface area contributed by atoms with Gasteiger partial charge < -0.3 is 0 Å². The minimum atomic E-state index is -4.60. The van der Waals surface area contributed by atoms with E-state index < -0.39 is 12.0 Å². The topological polar surface area (TPSA) is 61.4 Å². The van der Waals surface area contributed by atoms with Gasteiger partial charge in [0.15, 0.2) is 0 Å². The fraction of sp³-hybridized carbons (Fsp3) is 0.360. The average molecular weight is 469 g/mol. The van der Waals surface area contributed by atoms with E-state index in [-0.39, 0.29) is 10.8 Å². The fourth-order valence-electron chi connectivity index (χ4n) is 4.03. The van der Waals surface area contributed by atoms with Crippen LogP contribution in [0.2, 0.25) is 0 Å². The second kappa shape index (κ2) is 8.38. The third-order valence-corrected chi connectivity index (χ3v) is 5.79. The average Bonchev–Trinajstić information content (AvgIpc) is 3.45. The summed E-state index contributed by atoms with van der Waals surface area (Å²) in [4.78, 5) is 5.05. The summed E-state index contributed by atoms with van der Waals surface area (Å²) in [6.07, 6.45) is 0.459. The van der Waals surface area contributed by atoms with Crippen LogP contribution in [0, 0.1) is 0 Å². The highest BCUT2D eigenvalue weighted by Gasteiger charge is 2.36. The summed E-state index contributed by atoms with van der Waals surface area (Å²) in [7, 11) is 0. The molecule has 0 N–H and O–H groups in total. The molecule has 34 heavy (non-hydrogen) atoms. The number of halogens is 3. The van der Waals surface area contributed by atoms with Crippen molar-refractivity contribution in [2.24, 2.45) is 0 Å². The van der Waals surface area contributed by atoms with Crippen molar-refractivity contribution in [3.8, 4) is 11.4 Å². The molecule has 2 aromatic carbocycles. The molecule has 0 bridgehead atoms. The van der Waals surface area contributed by atoms with Crippen molar-refractivity contribution in [1.29, 1.82) is 0 Å². The van der Waals surface area contributed by atoms with Crippen LogP contribution in [-0.4, -0.2) is 29.8 Å². The zero-order chi connectivity index (χ0) is 24.7. The molecule has 0 fully saturated rings. The molecule has 0 spiro atoms. The number of alkyl halides is 3. The second-order valence-corrected chi connectivity index (χ2v) is 10.0. The maximum atomic E-state index is 13.1. The number of hydrogen-bond donors (Lipinski definition) is 0. The predicted molar refractivity (Wildman–Crippen MR) is 123 cm³/mol. The van der Waals surface area contributed by atoms with Gasteiger partial charge in [-0.05, 0) is 52.1 Å². The van der Waals surface area contributed by atoms with E-state index in [1.807, 2.05) is 51.1 Å². The van der Waals surface area contributed by atoms with E-state index in [1.165, 1.54) is 4.68 Å². The van der Waals surface area contributed by atoms with Gasteiger partial charge in [-0.3, -0.25) is 0 Å². The van der Waals surface area contributed by atoms with Gasteiger partial charge in [0, 0.05) is 0 Å². The monoisotopic (exact) mass is 468 g/mol. The van der Waals surface area contributed by atoms with Gasteiger partial charge in [0.05, 0.1) is 23.8 Å². The molecular formula is C25H27F3N6. The van der Waals surface area contributed by atoms with Crippen LogP contribution in [0.4, 0.5) is 13.2 Å². The summed E-state index contributed by atoms with van der Waals surface area (Å²) in [5, 5.41) is 12.1. The lowest BCUT2D eigenvalue weighted by Crippen LogP contribution is -2.22. The van der Waals surface area contributed by atoms with Gasteiger partial charge in [0.2, 0.25) is 0 Å². The van der Waals surface area contributed by atoms with Gasteiger partial charge in [-0.25, -0.2) is 9.67 Å². The lowest BCUT2D eigenvalue weighted by atomic mass is 9.78. The number of nitrogens with zero attached hydrogens (tertiary/aromatic N) is 6. The summed E-state index contributed by atoms with van der Waals surface area (Å²) in [5.41, 5.74) is 3.88. The van der Waals surface area contributed by atoms with Gasteiger partial charge in [-0.1, -0.05) is 58.9 Å². The normalized spacial score (nSPS) is 12.8. The van der Waals surface area contributed by atoms with Crippen molar-refractivity contribution in [3.63, 3.8) is 0 Å². The Kier molecular flexibility index (Phi) is 5.83. The molecule has 0 aliphatic rings. The Morgan fingerprint density at radius 3 is 2.21 bits per heavy atom. The minimum Gasteiger partial charge on any atom is -0.220 e. The standard InChI is InChI=1S/C25H27F3N6/c1-23(2,3)20-10-9-17(13-21(20)33-16-29-22(32-33)25(26,27)28)15-24(4,5)18-7-6-8-19(14-18)34-30-11-12-31-34/h6-14,16H,15H2,1-5H3. The molecule has 0 amide bonds. The molecule has 0 saturated heterocycles. The van der Waals surface area contributed by atoms with Gasteiger partial charge in [0.25, 0.3) is 5.82 Å². The Hall–Kier alpha value is -3.49. The second-order valence-electron chi connectivity index (χ2n) is 10.0. The quantitative estimate of drug-likeness (QED) is 0.378. The van der Waals surface area contributed by atoms with Crippen LogP contribution in [0.3, 0.4) is 0 Å². The Morgan fingerprint density at radius 1 is 0.882 bits per heavy atom. The van der Waals surface area contributed by atoms with Gasteiger partial charge in [-0.2, -0.15) is 28.2 Å². The summed E-state index contributed by atoms with van der Waals surface area (Å²) in [5.74, 6) is -1.15.